The van der Waals surface area contributed by atoms with Crippen molar-refractivity contribution in [2.45, 2.75) is 37.7 Å². The maximum absolute atomic E-state index is 13.0. The van der Waals surface area contributed by atoms with Crippen LogP contribution in [0, 0.1) is 5.92 Å². The number of tetrazole rings is 1. The molecule has 7 nitrogen and oxygen atoms in total. The van der Waals surface area contributed by atoms with Gasteiger partial charge in [0.15, 0.2) is 0 Å². The predicted octanol–water partition coefficient (Wildman–Crippen LogP) is 2.08. The molecular formula is C17H20ClN5O2. The molecule has 1 N–H and O–H groups in total. The first-order valence-electron chi connectivity index (χ1n) is 8.61. The van der Waals surface area contributed by atoms with Gasteiger partial charge in [0.05, 0.1) is 21.9 Å². The Labute approximate surface area is 150 Å². The normalized spacial score (nSPS) is 26.3. The third kappa shape index (κ3) is 3.02. The number of hydrogen-bond donors (Lipinski definition) is 1. The zero-order chi connectivity index (χ0) is 17.4. The fraction of sp³-hybridized carbons (Fsp3) is 0.529. The summed E-state index contributed by atoms with van der Waals surface area (Å²) in [6.45, 7) is 1.14. The van der Waals surface area contributed by atoms with Gasteiger partial charge in [-0.05, 0) is 47.9 Å². The van der Waals surface area contributed by atoms with Gasteiger partial charge < -0.3 is 10.0 Å². The van der Waals surface area contributed by atoms with Crippen molar-refractivity contribution in [1.29, 1.82) is 0 Å². The van der Waals surface area contributed by atoms with Crippen molar-refractivity contribution in [3.63, 3.8) is 0 Å². The minimum atomic E-state index is -0.604. The van der Waals surface area contributed by atoms with Crippen LogP contribution in [0.2, 0.25) is 5.02 Å². The van der Waals surface area contributed by atoms with E-state index in [-0.39, 0.29) is 11.8 Å². The van der Waals surface area contributed by atoms with Crippen molar-refractivity contribution in [3.8, 4) is 5.69 Å². The van der Waals surface area contributed by atoms with E-state index in [0.29, 0.717) is 35.8 Å². The standard InChI is InChI=1S/C17H20ClN5O2/c18-15-5-4-13(23-11-19-20-21-23)9-14(15)16(24)22-8-7-17(25)6-2-1-3-12(17)10-22/h4-5,9,11-12,25H,1-3,6-8,10H2. The van der Waals surface area contributed by atoms with E-state index in [2.05, 4.69) is 15.5 Å². The molecule has 1 aliphatic heterocycles. The van der Waals surface area contributed by atoms with Crippen LogP contribution >= 0.6 is 11.6 Å². The first kappa shape index (κ1) is 16.5. The number of aliphatic hydroxyl groups is 1. The molecule has 1 aliphatic carbocycles. The number of likely N-dealkylation sites (tertiary alicyclic amines) is 1. The second-order valence-electron chi connectivity index (χ2n) is 6.97. The summed E-state index contributed by atoms with van der Waals surface area (Å²) in [7, 11) is 0. The summed E-state index contributed by atoms with van der Waals surface area (Å²) in [6.07, 6.45) is 6.10. The summed E-state index contributed by atoms with van der Waals surface area (Å²) in [5.41, 5.74) is 0.521. The van der Waals surface area contributed by atoms with Crippen LogP contribution < -0.4 is 0 Å². The topological polar surface area (TPSA) is 84.1 Å². The summed E-state index contributed by atoms with van der Waals surface area (Å²) in [5, 5.41) is 22.3. The van der Waals surface area contributed by atoms with E-state index in [1.807, 2.05) is 4.90 Å². The van der Waals surface area contributed by atoms with E-state index < -0.39 is 5.60 Å². The number of benzene rings is 1. The molecule has 2 aromatic rings. The van der Waals surface area contributed by atoms with E-state index in [1.54, 1.807) is 18.2 Å². The van der Waals surface area contributed by atoms with Gasteiger partial charge in [0.2, 0.25) is 0 Å². The Morgan fingerprint density at radius 3 is 3.00 bits per heavy atom. The van der Waals surface area contributed by atoms with Crippen molar-refractivity contribution >= 4 is 17.5 Å². The summed E-state index contributed by atoms with van der Waals surface area (Å²) in [6, 6.07) is 5.17. The Balaban J connectivity index is 1.58. The molecular weight excluding hydrogens is 342 g/mol. The highest BCUT2D eigenvalue weighted by molar-refractivity contribution is 6.33. The number of amides is 1. The van der Waals surface area contributed by atoms with Crippen LogP contribution in [0.4, 0.5) is 0 Å². The second kappa shape index (κ2) is 6.38. The highest BCUT2D eigenvalue weighted by Crippen LogP contribution is 2.40. The molecule has 0 spiro atoms. The van der Waals surface area contributed by atoms with Crippen LogP contribution in [0.25, 0.3) is 5.69 Å². The van der Waals surface area contributed by atoms with Gasteiger partial charge in [-0.1, -0.05) is 24.4 Å². The summed E-state index contributed by atoms with van der Waals surface area (Å²) < 4.78 is 1.49. The largest absolute Gasteiger partial charge is 0.389 e. The molecule has 1 aromatic carbocycles. The molecule has 132 valence electrons. The van der Waals surface area contributed by atoms with Crippen LogP contribution in [0.15, 0.2) is 24.5 Å². The molecule has 2 unspecified atom stereocenters. The molecule has 2 fully saturated rings. The summed E-state index contributed by atoms with van der Waals surface area (Å²) in [5.74, 6) is 0.0490. The monoisotopic (exact) mass is 361 g/mol. The number of piperidine rings is 1. The molecule has 4 rings (SSSR count). The molecule has 1 saturated carbocycles. The van der Waals surface area contributed by atoms with E-state index in [1.165, 1.54) is 11.0 Å². The first-order valence-corrected chi connectivity index (χ1v) is 8.99. The van der Waals surface area contributed by atoms with Crippen molar-refractivity contribution in [3.05, 3.63) is 35.1 Å². The second-order valence-corrected chi connectivity index (χ2v) is 7.37. The number of aromatic nitrogens is 4. The fourth-order valence-corrected chi connectivity index (χ4v) is 4.22. The molecule has 1 amide bonds. The molecule has 0 radical (unpaired) electrons. The van der Waals surface area contributed by atoms with Gasteiger partial charge in [-0.2, -0.15) is 0 Å². The van der Waals surface area contributed by atoms with Gasteiger partial charge in [0.1, 0.15) is 6.33 Å². The van der Waals surface area contributed by atoms with E-state index in [4.69, 9.17) is 11.6 Å². The Kier molecular flexibility index (Phi) is 4.21. The number of carbonyl (C=O) groups excluding carboxylic acids is 1. The van der Waals surface area contributed by atoms with Gasteiger partial charge in [-0.15, -0.1) is 5.10 Å². The number of halogens is 1. The summed E-state index contributed by atoms with van der Waals surface area (Å²) in [4.78, 5) is 14.8. The van der Waals surface area contributed by atoms with Gasteiger partial charge in [-0.3, -0.25) is 4.79 Å². The third-order valence-electron chi connectivity index (χ3n) is 5.51. The molecule has 25 heavy (non-hydrogen) atoms. The Morgan fingerprint density at radius 1 is 1.32 bits per heavy atom. The van der Waals surface area contributed by atoms with Crippen LogP contribution in [0.5, 0.6) is 0 Å². The van der Waals surface area contributed by atoms with Gasteiger partial charge in [0.25, 0.3) is 5.91 Å². The lowest BCUT2D eigenvalue weighted by Gasteiger charge is -2.47. The molecule has 2 aliphatic rings. The molecule has 2 atom stereocenters. The lowest BCUT2D eigenvalue weighted by molar-refractivity contribution is -0.0886. The van der Waals surface area contributed by atoms with E-state index >= 15 is 0 Å². The van der Waals surface area contributed by atoms with Gasteiger partial charge >= 0.3 is 0 Å². The summed E-state index contributed by atoms with van der Waals surface area (Å²) >= 11 is 6.28. The number of fused-ring (bicyclic) bond motifs is 1. The van der Waals surface area contributed by atoms with Crippen LogP contribution in [0.1, 0.15) is 42.5 Å². The number of rotatable bonds is 2. The zero-order valence-electron chi connectivity index (χ0n) is 13.8. The van der Waals surface area contributed by atoms with E-state index in [9.17, 15) is 9.90 Å². The molecule has 1 saturated heterocycles. The van der Waals surface area contributed by atoms with Crippen molar-refractivity contribution in [2.24, 2.45) is 5.92 Å². The van der Waals surface area contributed by atoms with Gasteiger partial charge in [-0.25, -0.2) is 4.68 Å². The molecule has 8 heteroatoms. The van der Waals surface area contributed by atoms with Crippen LogP contribution in [-0.2, 0) is 0 Å². The van der Waals surface area contributed by atoms with Crippen molar-refractivity contribution < 1.29 is 9.90 Å². The quantitative estimate of drug-likeness (QED) is 0.885. The number of carbonyl (C=O) groups is 1. The minimum Gasteiger partial charge on any atom is -0.389 e. The molecule has 2 heterocycles. The lowest BCUT2D eigenvalue weighted by atomic mass is 9.71. The SMILES string of the molecule is O=C(c1cc(-n2cnnn2)ccc1Cl)N1CCC2(O)CCCCC2C1. The highest BCUT2D eigenvalue weighted by Gasteiger charge is 2.43. The van der Waals surface area contributed by atoms with Crippen molar-refractivity contribution in [2.75, 3.05) is 13.1 Å². The smallest absolute Gasteiger partial charge is 0.255 e. The van der Waals surface area contributed by atoms with Gasteiger partial charge in [0, 0.05) is 19.0 Å². The molecule has 1 aromatic heterocycles. The third-order valence-corrected chi connectivity index (χ3v) is 5.84. The number of nitrogens with zero attached hydrogens (tertiary/aromatic N) is 5. The fourth-order valence-electron chi connectivity index (χ4n) is 4.02. The van der Waals surface area contributed by atoms with Crippen LogP contribution in [0.3, 0.4) is 0 Å². The maximum atomic E-state index is 13.0. The van der Waals surface area contributed by atoms with Crippen LogP contribution in [-0.4, -0.2) is 54.8 Å². The Hall–Kier alpha value is -1.99. The lowest BCUT2D eigenvalue weighted by Crippen LogP contribution is -2.54. The number of hydrogen-bond acceptors (Lipinski definition) is 5. The van der Waals surface area contributed by atoms with E-state index in [0.717, 1.165) is 25.7 Å². The predicted molar refractivity (Wildman–Crippen MR) is 91.6 cm³/mol. The zero-order valence-corrected chi connectivity index (χ0v) is 14.6. The average Bonchev–Trinajstić information content (AvgIpc) is 3.15. The van der Waals surface area contributed by atoms with Crippen molar-refractivity contribution in [1.82, 2.24) is 25.1 Å². The Bertz CT molecular complexity index is 781. The first-order chi connectivity index (χ1) is 12.1. The Morgan fingerprint density at radius 2 is 2.20 bits per heavy atom. The highest BCUT2D eigenvalue weighted by atomic mass is 35.5. The minimum absolute atomic E-state index is 0.104. The average molecular weight is 362 g/mol. The maximum Gasteiger partial charge on any atom is 0.255 e. The molecule has 0 bridgehead atoms.